The SMILES string of the molecule is CC(C)c1cc(=O)n(CC(=O)N(Cc2ccccc2)c2ccccc2)cn1. The molecule has 1 amide bonds. The zero-order valence-electron chi connectivity index (χ0n) is 15.6. The third kappa shape index (κ3) is 4.70. The van der Waals surface area contributed by atoms with Gasteiger partial charge >= 0.3 is 0 Å². The lowest BCUT2D eigenvalue weighted by atomic mass is 10.1. The van der Waals surface area contributed by atoms with Gasteiger partial charge < -0.3 is 4.90 Å². The first kappa shape index (κ1) is 18.6. The fourth-order valence-electron chi connectivity index (χ4n) is 2.80. The van der Waals surface area contributed by atoms with E-state index in [1.54, 1.807) is 4.90 Å². The van der Waals surface area contributed by atoms with Crippen LogP contribution in [0, 0.1) is 0 Å². The van der Waals surface area contributed by atoms with Crippen LogP contribution in [0.5, 0.6) is 0 Å². The molecule has 0 aliphatic heterocycles. The second kappa shape index (κ2) is 8.45. The summed E-state index contributed by atoms with van der Waals surface area (Å²) in [6.07, 6.45) is 1.46. The highest BCUT2D eigenvalue weighted by Crippen LogP contribution is 2.17. The maximum Gasteiger partial charge on any atom is 0.254 e. The molecule has 5 nitrogen and oxygen atoms in total. The van der Waals surface area contributed by atoms with Gasteiger partial charge in [-0.1, -0.05) is 62.4 Å². The first-order valence-corrected chi connectivity index (χ1v) is 9.00. The number of aromatic nitrogens is 2. The van der Waals surface area contributed by atoms with Gasteiger partial charge in [0, 0.05) is 11.8 Å². The number of carbonyl (C=O) groups is 1. The molecule has 0 aliphatic carbocycles. The minimum Gasteiger partial charge on any atom is -0.306 e. The van der Waals surface area contributed by atoms with Gasteiger partial charge in [-0.25, -0.2) is 4.98 Å². The molecule has 1 heterocycles. The topological polar surface area (TPSA) is 55.2 Å². The van der Waals surface area contributed by atoms with Crippen molar-refractivity contribution in [3.05, 3.63) is 94.7 Å². The van der Waals surface area contributed by atoms with Gasteiger partial charge in [-0.3, -0.25) is 14.2 Å². The Bertz CT molecular complexity index is 950. The Balaban J connectivity index is 1.86. The Morgan fingerprint density at radius 2 is 1.67 bits per heavy atom. The number of hydrogen-bond donors (Lipinski definition) is 0. The van der Waals surface area contributed by atoms with E-state index in [0.717, 1.165) is 16.9 Å². The molecule has 0 saturated carbocycles. The molecule has 0 N–H and O–H groups in total. The second-order valence-electron chi connectivity index (χ2n) is 6.74. The number of rotatable bonds is 6. The van der Waals surface area contributed by atoms with Crippen LogP contribution in [-0.4, -0.2) is 15.5 Å². The van der Waals surface area contributed by atoms with Gasteiger partial charge in [0.05, 0.1) is 18.6 Å². The first-order valence-electron chi connectivity index (χ1n) is 9.00. The number of para-hydroxylation sites is 1. The highest BCUT2D eigenvalue weighted by atomic mass is 16.2. The average molecular weight is 361 g/mol. The van der Waals surface area contributed by atoms with E-state index in [0.29, 0.717) is 6.54 Å². The normalized spacial score (nSPS) is 10.8. The monoisotopic (exact) mass is 361 g/mol. The maximum atomic E-state index is 13.0. The van der Waals surface area contributed by atoms with E-state index >= 15 is 0 Å². The summed E-state index contributed by atoms with van der Waals surface area (Å²) in [6.45, 7) is 4.35. The number of amides is 1. The predicted molar refractivity (Wildman–Crippen MR) is 107 cm³/mol. The summed E-state index contributed by atoms with van der Waals surface area (Å²) in [7, 11) is 0. The lowest BCUT2D eigenvalue weighted by molar-refractivity contribution is -0.119. The Hall–Kier alpha value is -3.21. The summed E-state index contributed by atoms with van der Waals surface area (Å²) >= 11 is 0. The van der Waals surface area contributed by atoms with Gasteiger partial charge in [-0.2, -0.15) is 0 Å². The Morgan fingerprint density at radius 3 is 2.26 bits per heavy atom. The van der Waals surface area contributed by atoms with E-state index in [1.165, 1.54) is 17.0 Å². The molecule has 138 valence electrons. The first-order chi connectivity index (χ1) is 13.0. The van der Waals surface area contributed by atoms with Gasteiger partial charge in [-0.15, -0.1) is 0 Å². The highest BCUT2D eigenvalue weighted by Gasteiger charge is 2.17. The number of anilines is 1. The standard InChI is InChI=1S/C22H23N3O2/c1-17(2)20-13-21(26)24(16-23-20)15-22(27)25(19-11-7-4-8-12-19)14-18-9-5-3-6-10-18/h3-13,16-17H,14-15H2,1-2H3. The van der Waals surface area contributed by atoms with Crippen molar-refractivity contribution in [3.63, 3.8) is 0 Å². The van der Waals surface area contributed by atoms with Crippen molar-refractivity contribution < 1.29 is 4.79 Å². The van der Waals surface area contributed by atoms with Crippen LogP contribution in [0.15, 0.2) is 77.9 Å². The predicted octanol–water partition coefficient (Wildman–Crippen LogP) is 3.60. The van der Waals surface area contributed by atoms with Crippen LogP contribution in [0.1, 0.15) is 31.0 Å². The van der Waals surface area contributed by atoms with Crippen LogP contribution < -0.4 is 10.5 Å². The largest absolute Gasteiger partial charge is 0.306 e. The summed E-state index contributed by atoms with van der Waals surface area (Å²) in [5, 5.41) is 0. The molecule has 3 aromatic rings. The Morgan fingerprint density at radius 1 is 1.04 bits per heavy atom. The second-order valence-corrected chi connectivity index (χ2v) is 6.74. The number of carbonyl (C=O) groups excluding carboxylic acids is 1. The van der Waals surface area contributed by atoms with Gasteiger partial charge in [0.1, 0.15) is 6.54 Å². The molecule has 1 aromatic heterocycles. The fraction of sp³-hybridized carbons (Fsp3) is 0.227. The molecule has 3 rings (SSSR count). The van der Waals surface area contributed by atoms with Gasteiger partial charge in [0.15, 0.2) is 0 Å². The molecule has 27 heavy (non-hydrogen) atoms. The number of nitrogens with zero attached hydrogens (tertiary/aromatic N) is 3. The van der Waals surface area contributed by atoms with E-state index in [2.05, 4.69) is 4.98 Å². The summed E-state index contributed by atoms with van der Waals surface area (Å²) < 4.78 is 1.36. The molecule has 0 atom stereocenters. The molecule has 0 radical (unpaired) electrons. The van der Waals surface area contributed by atoms with Crippen LogP contribution in [0.2, 0.25) is 0 Å². The summed E-state index contributed by atoms with van der Waals surface area (Å²) in [5.41, 5.74) is 2.34. The average Bonchev–Trinajstić information content (AvgIpc) is 2.69. The molecule has 0 fully saturated rings. The minimum atomic E-state index is -0.213. The smallest absolute Gasteiger partial charge is 0.254 e. The van der Waals surface area contributed by atoms with Crippen molar-refractivity contribution in [3.8, 4) is 0 Å². The molecular weight excluding hydrogens is 338 g/mol. The summed E-state index contributed by atoms with van der Waals surface area (Å²) in [5.74, 6) is 0.00759. The van der Waals surface area contributed by atoms with Crippen LogP contribution in [0.3, 0.4) is 0 Å². The van der Waals surface area contributed by atoms with Crippen molar-refractivity contribution in [1.29, 1.82) is 0 Å². The zero-order chi connectivity index (χ0) is 19.2. The van der Waals surface area contributed by atoms with E-state index in [1.807, 2.05) is 74.5 Å². The molecule has 5 heteroatoms. The summed E-state index contributed by atoms with van der Waals surface area (Å²) in [4.78, 5) is 31.4. The lowest BCUT2D eigenvalue weighted by Crippen LogP contribution is -2.36. The van der Waals surface area contributed by atoms with E-state index in [-0.39, 0.29) is 23.9 Å². The van der Waals surface area contributed by atoms with Crippen molar-refractivity contribution >= 4 is 11.6 Å². The fourth-order valence-corrected chi connectivity index (χ4v) is 2.80. The van der Waals surface area contributed by atoms with Crippen LogP contribution in [0.25, 0.3) is 0 Å². The van der Waals surface area contributed by atoms with Crippen LogP contribution in [-0.2, 0) is 17.9 Å². The van der Waals surface area contributed by atoms with Crippen molar-refractivity contribution in [1.82, 2.24) is 9.55 Å². The Labute approximate surface area is 158 Å². The maximum absolute atomic E-state index is 13.0. The molecule has 0 aliphatic rings. The third-order valence-electron chi connectivity index (χ3n) is 4.35. The number of benzene rings is 2. The molecule has 0 unspecified atom stereocenters. The molecule has 0 saturated heterocycles. The van der Waals surface area contributed by atoms with Crippen molar-refractivity contribution in [2.24, 2.45) is 0 Å². The molecular formula is C22H23N3O2. The van der Waals surface area contributed by atoms with Crippen molar-refractivity contribution in [2.75, 3.05) is 4.90 Å². The molecule has 2 aromatic carbocycles. The molecule has 0 bridgehead atoms. The van der Waals surface area contributed by atoms with Gasteiger partial charge in [0.2, 0.25) is 5.91 Å². The summed E-state index contributed by atoms with van der Waals surface area (Å²) in [6, 6.07) is 20.8. The van der Waals surface area contributed by atoms with Crippen LogP contribution >= 0.6 is 0 Å². The third-order valence-corrected chi connectivity index (χ3v) is 4.35. The van der Waals surface area contributed by atoms with Gasteiger partial charge in [0.25, 0.3) is 5.56 Å². The minimum absolute atomic E-state index is 0.0497. The van der Waals surface area contributed by atoms with E-state index < -0.39 is 0 Å². The lowest BCUT2D eigenvalue weighted by Gasteiger charge is -2.23. The highest BCUT2D eigenvalue weighted by molar-refractivity contribution is 5.93. The van der Waals surface area contributed by atoms with E-state index in [9.17, 15) is 9.59 Å². The zero-order valence-corrected chi connectivity index (χ0v) is 15.6. The van der Waals surface area contributed by atoms with E-state index in [4.69, 9.17) is 0 Å². The Kier molecular flexibility index (Phi) is 5.81. The number of hydrogen-bond acceptors (Lipinski definition) is 3. The van der Waals surface area contributed by atoms with Gasteiger partial charge in [-0.05, 0) is 23.6 Å². The van der Waals surface area contributed by atoms with Crippen molar-refractivity contribution in [2.45, 2.75) is 32.9 Å². The molecule has 0 spiro atoms. The quantitative estimate of drug-likeness (QED) is 0.674. The van der Waals surface area contributed by atoms with Crippen LogP contribution in [0.4, 0.5) is 5.69 Å².